The van der Waals surface area contributed by atoms with E-state index in [1.807, 2.05) is 50.2 Å². The van der Waals surface area contributed by atoms with Gasteiger partial charge in [-0.3, -0.25) is 14.5 Å². The van der Waals surface area contributed by atoms with Gasteiger partial charge in [0.2, 0.25) is 0 Å². The molecule has 0 radical (unpaired) electrons. The average Bonchev–Trinajstić information content (AvgIpc) is 2.85. The van der Waals surface area contributed by atoms with E-state index in [0.717, 1.165) is 21.6 Å². The Bertz CT molecular complexity index is 891. The number of nitrogens with zero attached hydrogens (tertiary/aromatic N) is 1. The molecule has 0 spiro atoms. The summed E-state index contributed by atoms with van der Waals surface area (Å²) in [4.78, 5) is 38.2. The minimum atomic E-state index is -1.19. The average molecular weight is 366 g/mol. The molecule has 0 aromatic heterocycles. The molecule has 6 heteroatoms. The van der Waals surface area contributed by atoms with Crippen LogP contribution in [0.2, 0.25) is 0 Å². The first-order valence-corrected chi connectivity index (χ1v) is 8.72. The minimum Gasteiger partial charge on any atom is -0.459 e. The number of carbonyl (C=O) groups is 3. The zero-order chi connectivity index (χ0) is 19.6. The Kier molecular flexibility index (Phi) is 4.99. The lowest BCUT2D eigenvalue weighted by Gasteiger charge is -2.22. The maximum absolute atomic E-state index is 12.8. The van der Waals surface area contributed by atoms with Crippen LogP contribution in [0.1, 0.15) is 29.2 Å². The number of rotatable bonds is 5. The number of aryl methyl sites for hydroxylation is 2. The van der Waals surface area contributed by atoms with Crippen molar-refractivity contribution in [2.45, 2.75) is 32.9 Å². The van der Waals surface area contributed by atoms with Crippen LogP contribution in [0.4, 0.5) is 4.79 Å². The Labute approximate surface area is 158 Å². The van der Waals surface area contributed by atoms with Crippen LogP contribution in [0.25, 0.3) is 0 Å². The van der Waals surface area contributed by atoms with Crippen LogP contribution < -0.4 is 5.32 Å². The standard InChI is InChI=1S/C21H22N2O4/c1-14-8-10-17(11-9-14)21(3)19(25)23(20(26)22-21)12-18(24)27-13-16-7-5-4-6-15(16)2/h4-11H,12-13H2,1-3H3,(H,22,26)/t21-/m0/s1. The molecule has 2 aromatic rings. The van der Waals surface area contributed by atoms with E-state index in [1.54, 1.807) is 19.1 Å². The van der Waals surface area contributed by atoms with Gasteiger partial charge in [-0.2, -0.15) is 0 Å². The highest BCUT2D eigenvalue weighted by molar-refractivity contribution is 6.08. The summed E-state index contributed by atoms with van der Waals surface area (Å²) in [6, 6.07) is 14.3. The number of benzene rings is 2. The first-order valence-electron chi connectivity index (χ1n) is 8.72. The maximum Gasteiger partial charge on any atom is 0.326 e. The number of amides is 3. The number of hydrogen-bond donors (Lipinski definition) is 1. The number of carbonyl (C=O) groups excluding carboxylic acids is 3. The fourth-order valence-corrected chi connectivity index (χ4v) is 3.03. The molecule has 0 saturated carbocycles. The van der Waals surface area contributed by atoms with E-state index in [2.05, 4.69) is 5.32 Å². The predicted octanol–water partition coefficient (Wildman–Crippen LogP) is 2.81. The summed E-state index contributed by atoms with van der Waals surface area (Å²) >= 11 is 0. The first kappa shape index (κ1) is 18.6. The Morgan fingerprint density at radius 1 is 1.07 bits per heavy atom. The fourth-order valence-electron chi connectivity index (χ4n) is 3.03. The van der Waals surface area contributed by atoms with E-state index in [0.29, 0.717) is 5.56 Å². The highest BCUT2D eigenvalue weighted by atomic mass is 16.5. The number of imide groups is 1. The molecule has 27 heavy (non-hydrogen) atoms. The summed E-state index contributed by atoms with van der Waals surface area (Å²) in [5, 5.41) is 2.68. The number of ether oxygens (including phenoxy) is 1. The lowest BCUT2D eigenvalue weighted by Crippen LogP contribution is -2.41. The van der Waals surface area contributed by atoms with Crippen LogP contribution in [-0.4, -0.2) is 29.4 Å². The van der Waals surface area contributed by atoms with Gasteiger partial charge in [0.15, 0.2) is 0 Å². The Morgan fingerprint density at radius 2 is 1.74 bits per heavy atom. The highest BCUT2D eigenvalue weighted by Crippen LogP contribution is 2.29. The lowest BCUT2D eigenvalue weighted by molar-refractivity contribution is -0.148. The molecule has 1 N–H and O–H groups in total. The van der Waals surface area contributed by atoms with Crippen LogP contribution in [0.5, 0.6) is 0 Å². The highest BCUT2D eigenvalue weighted by Gasteiger charge is 2.49. The Hall–Kier alpha value is -3.15. The van der Waals surface area contributed by atoms with E-state index >= 15 is 0 Å². The van der Waals surface area contributed by atoms with Crippen molar-refractivity contribution in [3.63, 3.8) is 0 Å². The van der Waals surface area contributed by atoms with Gasteiger partial charge < -0.3 is 10.1 Å². The van der Waals surface area contributed by atoms with E-state index in [1.165, 1.54) is 0 Å². The van der Waals surface area contributed by atoms with Crippen molar-refractivity contribution in [3.05, 3.63) is 70.8 Å². The van der Waals surface area contributed by atoms with Crippen LogP contribution in [0, 0.1) is 13.8 Å². The van der Waals surface area contributed by atoms with Crippen LogP contribution in [0.15, 0.2) is 48.5 Å². The zero-order valence-corrected chi connectivity index (χ0v) is 15.6. The van der Waals surface area contributed by atoms with Crippen molar-refractivity contribution < 1.29 is 19.1 Å². The second kappa shape index (κ2) is 7.23. The van der Waals surface area contributed by atoms with Gasteiger partial charge in [0.1, 0.15) is 18.7 Å². The number of hydrogen-bond acceptors (Lipinski definition) is 4. The normalized spacial score (nSPS) is 19.1. The molecule has 1 heterocycles. The van der Waals surface area contributed by atoms with Gasteiger partial charge in [-0.15, -0.1) is 0 Å². The predicted molar refractivity (Wildman–Crippen MR) is 99.8 cm³/mol. The van der Waals surface area contributed by atoms with E-state index in [4.69, 9.17) is 4.74 Å². The van der Waals surface area contributed by atoms with Crippen LogP contribution in [0.3, 0.4) is 0 Å². The van der Waals surface area contributed by atoms with Crippen molar-refractivity contribution in [3.8, 4) is 0 Å². The van der Waals surface area contributed by atoms with Crippen molar-refractivity contribution in [1.82, 2.24) is 10.2 Å². The number of urea groups is 1. The molecule has 1 saturated heterocycles. The molecule has 0 unspecified atom stereocenters. The maximum atomic E-state index is 12.8. The third-order valence-corrected chi connectivity index (χ3v) is 4.84. The van der Waals surface area contributed by atoms with Gasteiger partial charge in [0, 0.05) is 0 Å². The monoisotopic (exact) mass is 366 g/mol. The van der Waals surface area contributed by atoms with Crippen LogP contribution >= 0.6 is 0 Å². The summed E-state index contributed by atoms with van der Waals surface area (Å²) in [7, 11) is 0. The van der Waals surface area contributed by atoms with E-state index < -0.39 is 30.0 Å². The number of esters is 1. The van der Waals surface area contributed by atoms with Crippen molar-refractivity contribution in [2.24, 2.45) is 0 Å². The third-order valence-electron chi connectivity index (χ3n) is 4.84. The molecule has 6 nitrogen and oxygen atoms in total. The van der Waals surface area contributed by atoms with Gasteiger partial charge in [-0.25, -0.2) is 4.79 Å². The zero-order valence-electron chi connectivity index (χ0n) is 15.6. The van der Waals surface area contributed by atoms with Gasteiger partial charge in [-0.05, 0) is 37.5 Å². The quantitative estimate of drug-likeness (QED) is 0.652. The first-order chi connectivity index (χ1) is 12.8. The van der Waals surface area contributed by atoms with E-state index in [-0.39, 0.29) is 6.61 Å². The minimum absolute atomic E-state index is 0.102. The smallest absolute Gasteiger partial charge is 0.326 e. The SMILES string of the molecule is Cc1ccc([C@]2(C)NC(=O)N(CC(=O)OCc3ccccc3C)C2=O)cc1. The van der Waals surface area contributed by atoms with Gasteiger partial charge in [0.05, 0.1) is 0 Å². The molecule has 1 fully saturated rings. The van der Waals surface area contributed by atoms with Gasteiger partial charge >= 0.3 is 12.0 Å². The molecular formula is C21H22N2O4. The molecule has 3 rings (SSSR count). The molecule has 1 atom stereocenters. The summed E-state index contributed by atoms with van der Waals surface area (Å²) < 4.78 is 5.24. The Morgan fingerprint density at radius 3 is 2.41 bits per heavy atom. The molecule has 1 aliphatic rings. The van der Waals surface area contributed by atoms with Crippen LogP contribution in [-0.2, 0) is 26.5 Å². The van der Waals surface area contributed by atoms with Crippen molar-refractivity contribution >= 4 is 17.9 Å². The molecule has 0 aliphatic carbocycles. The summed E-state index contributed by atoms with van der Waals surface area (Å²) in [5.74, 6) is -1.10. The largest absolute Gasteiger partial charge is 0.459 e. The molecule has 1 aliphatic heterocycles. The molecule has 3 amide bonds. The summed E-state index contributed by atoms with van der Waals surface area (Å²) in [6.45, 7) is 5.19. The Balaban J connectivity index is 1.67. The number of nitrogens with one attached hydrogen (secondary N) is 1. The topological polar surface area (TPSA) is 75.7 Å². The van der Waals surface area contributed by atoms with Gasteiger partial charge in [0.25, 0.3) is 5.91 Å². The van der Waals surface area contributed by atoms with Gasteiger partial charge in [-0.1, -0.05) is 54.1 Å². The van der Waals surface area contributed by atoms with E-state index in [9.17, 15) is 14.4 Å². The second-order valence-corrected chi connectivity index (χ2v) is 6.90. The van der Waals surface area contributed by atoms with Crippen molar-refractivity contribution in [2.75, 3.05) is 6.54 Å². The third kappa shape index (κ3) is 3.69. The molecule has 0 bridgehead atoms. The fraction of sp³-hybridized carbons (Fsp3) is 0.286. The second-order valence-electron chi connectivity index (χ2n) is 6.90. The molecule has 140 valence electrons. The molecule has 2 aromatic carbocycles. The van der Waals surface area contributed by atoms with Crippen molar-refractivity contribution in [1.29, 1.82) is 0 Å². The molecular weight excluding hydrogens is 344 g/mol. The summed E-state index contributed by atoms with van der Waals surface area (Å²) in [6.07, 6.45) is 0. The lowest BCUT2D eigenvalue weighted by atomic mass is 9.91. The summed E-state index contributed by atoms with van der Waals surface area (Å²) in [5.41, 5.74) is 2.42.